The standard InChI is InChI=1S/C11H10NO/c1-2-13-11-8-7-9-5-3-4-6-10(9)12-11/h3,5-8H,2H2,1H3. The van der Waals surface area contributed by atoms with Crippen LogP contribution >= 0.6 is 0 Å². The van der Waals surface area contributed by atoms with Gasteiger partial charge in [-0.15, -0.1) is 0 Å². The van der Waals surface area contributed by atoms with Gasteiger partial charge in [-0.2, -0.15) is 0 Å². The molecule has 1 heterocycles. The molecule has 0 spiro atoms. The second kappa shape index (κ2) is 3.44. The van der Waals surface area contributed by atoms with E-state index in [2.05, 4.69) is 11.1 Å². The van der Waals surface area contributed by atoms with Gasteiger partial charge in [-0.05, 0) is 25.1 Å². The first-order valence-corrected chi connectivity index (χ1v) is 4.30. The molecule has 0 saturated carbocycles. The number of nitrogens with zero attached hydrogens (tertiary/aromatic N) is 1. The van der Waals surface area contributed by atoms with Crippen molar-refractivity contribution in [1.29, 1.82) is 0 Å². The average Bonchev–Trinajstić information content (AvgIpc) is 2.18. The van der Waals surface area contributed by atoms with Crippen molar-refractivity contribution in [3.63, 3.8) is 0 Å². The molecule has 1 aromatic carbocycles. The van der Waals surface area contributed by atoms with E-state index in [1.807, 2.05) is 37.3 Å². The van der Waals surface area contributed by atoms with Crippen LogP contribution in [0.3, 0.4) is 0 Å². The maximum atomic E-state index is 5.29. The van der Waals surface area contributed by atoms with Gasteiger partial charge in [-0.1, -0.05) is 12.1 Å². The van der Waals surface area contributed by atoms with Crippen molar-refractivity contribution < 1.29 is 4.74 Å². The SMILES string of the molecule is CCOc1ccc2cc[c]cc2n1. The number of hydrogen-bond donors (Lipinski definition) is 0. The van der Waals surface area contributed by atoms with Gasteiger partial charge in [-0.25, -0.2) is 4.98 Å². The molecule has 0 aliphatic carbocycles. The van der Waals surface area contributed by atoms with Gasteiger partial charge in [0.05, 0.1) is 12.1 Å². The fourth-order valence-corrected chi connectivity index (χ4v) is 1.22. The van der Waals surface area contributed by atoms with Crippen LogP contribution in [0.5, 0.6) is 5.88 Å². The van der Waals surface area contributed by atoms with Gasteiger partial charge < -0.3 is 4.74 Å². The molecule has 0 aliphatic rings. The number of benzene rings is 1. The summed E-state index contributed by atoms with van der Waals surface area (Å²) >= 11 is 0. The number of hydrogen-bond acceptors (Lipinski definition) is 2. The first-order chi connectivity index (χ1) is 6.40. The summed E-state index contributed by atoms with van der Waals surface area (Å²) in [5.41, 5.74) is 0.924. The quantitative estimate of drug-likeness (QED) is 0.694. The summed E-state index contributed by atoms with van der Waals surface area (Å²) in [6.45, 7) is 2.60. The molecule has 1 radical (unpaired) electrons. The van der Waals surface area contributed by atoms with E-state index in [9.17, 15) is 0 Å². The maximum Gasteiger partial charge on any atom is 0.213 e. The number of ether oxygens (including phenoxy) is 1. The minimum atomic E-state index is 0.648. The van der Waals surface area contributed by atoms with Crippen molar-refractivity contribution in [2.45, 2.75) is 6.92 Å². The lowest BCUT2D eigenvalue weighted by Gasteiger charge is -2.02. The van der Waals surface area contributed by atoms with Crippen molar-refractivity contribution in [1.82, 2.24) is 4.98 Å². The lowest BCUT2D eigenvalue weighted by Crippen LogP contribution is -1.93. The lowest BCUT2D eigenvalue weighted by atomic mass is 10.2. The van der Waals surface area contributed by atoms with Gasteiger partial charge >= 0.3 is 0 Å². The normalized spacial score (nSPS) is 10.2. The number of fused-ring (bicyclic) bond motifs is 1. The van der Waals surface area contributed by atoms with Crippen molar-refractivity contribution in [3.05, 3.63) is 36.4 Å². The van der Waals surface area contributed by atoms with E-state index in [0.29, 0.717) is 12.5 Å². The molecule has 0 atom stereocenters. The first-order valence-electron chi connectivity index (χ1n) is 4.30. The van der Waals surface area contributed by atoms with Crippen LogP contribution in [0.25, 0.3) is 10.9 Å². The molecular weight excluding hydrogens is 162 g/mol. The third kappa shape index (κ3) is 1.61. The van der Waals surface area contributed by atoms with E-state index in [-0.39, 0.29) is 0 Å². The summed E-state index contributed by atoms with van der Waals surface area (Å²) in [6.07, 6.45) is 0. The molecule has 0 fully saturated rings. The van der Waals surface area contributed by atoms with Crippen molar-refractivity contribution >= 4 is 10.9 Å². The van der Waals surface area contributed by atoms with Gasteiger partial charge in [0.2, 0.25) is 5.88 Å². The van der Waals surface area contributed by atoms with E-state index in [1.54, 1.807) is 0 Å². The van der Waals surface area contributed by atoms with E-state index in [0.717, 1.165) is 10.9 Å². The van der Waals surface area contributed by atoms with Gasteiger partial charge in [0, 0.05) is 11.5 Å². The molecule has 0 unspecified atom stereocenters. The Kier molecular flexibility index (Phi) is 2.13. The first kappa shape index (κ1) is 8.05. The van der Waals surface area contributed by atoms with Crippen LogP contribution in [0.2, 0.25) is 0 Å². The van der Waals surface area contributed by atoms with E-state index in [4.69, 9.17) is 4.74 Å². The Morgan fingerprint density at radius 1 is 1.38 bits per heavy atom. The second-order valence-electron chi connectivity index (χ2n) is 2.70. The zero-order valence-electron chi connectivity index (χ0n) is 7.45. The third-order valence-corrected chi connectivity index (χ3v) is 1.80. The molecule has 0 amide bonds. The molecule has 1 aromatic heterocycles. The van der Waals surface area contributed by atoms with Gasteiger partial charge in [0.15, 0.2) is 0 Å². The molecule has 0 aliphatic heterocycles. The van der Waals surface area contributed by atoms with E-state index >= 15 is 0 Å². The maximum absolute atomic E-state index is 5.29. The summed E-state index contributed by atoms with van der Waals surface area (Å²) in [6, 6.07) is 12.6. The molecule has 0 N–H and O–H groups in total. The van der Waals surface area contributed by atoms with Crippen molar-refractivity contribution in [2.75, 3.05) is 6.61 Å². The minimum absolute atomic E-state index is 0.648. The molecule has 2 nitrogen and oxygen atoms in total. The predicted molar refractivity (Wildman–Crippen MR) is 51.7 cm³/mol. The highest BCUT2D eigenvalue weighted by molar-refractivity contribution is 5.78. The second-order valence-corrected chi connectivity index (χ2v) is 2.70. The predicted octanol–water partition coefficient (Wildman–Crippen LogP) is 2.43. The number of rotatable bonds is 2. The largest absolute Gasteiger partial charge is 0.478 e. The van der Waals surface area contributed by atoms with Crippen LogP contribution in [0.15, 0.2) is 30.3 Å². The molecule has 0 bridgehead atoms. The molecule has 2 aromatic rings. The smallest absolute Gasteiger partial charge is 0.213 e. The Morgan fingerprint density at radius 2 is 2.31 bits per heavy atom. The molecule has 0 saturated heterocycles. The number of aromatic nitrogens is 1. The van der Waals surface area contributed by atoms with Crippen LogP contribution in [0.1, 0.15) is 6.92 Å². The Labute approximate surface area is 77.2 Å². The molecule has 2 rings (SSSR count). The lowest BCUT2D eigenvalue weighted by molar-refractivity contribution is 0.328. The highest BCUT2D eigenvalue weighted by Crippen LogP contribution is 2.15. The third-order valence-electron chi connectivity index (χ3n) is 1.80. The fraction of sp³-hybridized carbons (Fsp3) is 0.182. The molecule has 2 heteroatoms. The van der Waals surface area contributed by atoms with Crippen LogP contribution in [-0.4, -0.2) is 11.6 Å². The highest BCUT2D eigenvalue weighted by atomic mass is 16.5. The van der Waals surface area contributed by atoms with Gasteiger partial charge in [-0.3, -0.25) is 0 Å². The van der Waals surface area contributed by atoms with Crippen LogP contribution in [0, 0.1) is 6.07 Å². The van der Waals surface area contributed by atoms with Gasteiger partial charge in [0.1, 0.15) is 0 Å². The Morgan fingerprint density at radius 3 is 3.15 bits per heavy atom. The monoisotopic (exact) mass is 172 g/mol. The van der Waals surface area contributed by atoms with Gasteiger partial charge in [0.25, 0.3) is 0 Å². The molecular formula is C11H10NO. The molecule has 65 valence electrons. The number of pyridine rings is 1. The van der Waals surface area contributed by atoms with Crippen LogP contribution in [-0.2, 0) is 0 Å². The Balaban J connectivity index is 2.49. The summed E-state index contributed by atoms with van der Waals surface area (Å²) < 4.78 is 5.29. The fourth-order valence-electron chi connectivity index (χ4n) is 1.22. The van der Waals surface area contributed by atoms with E-state index in [1.165, 1.54) is 0 Å². The van der Waals surface area contributed by atoms with Crippen LogP contribution < -0.4 is 4.74 Å². The van der Waals surface area contributed by atoms with Crippen molar-refractivity contribution in [2.24, 2.45) is 0 Å². The van der Waals surface area contributed by atoms with Crippen molar-refractivity contribution in [3.8, 4) is 5.88 Å². The van der Waals surface area contributed by atoms with Crippen LogP contribution in [0.4, 0.5) is 0 Å². The summed E-state index contributed by atoms with van der Waals surface area (Å²) in [4.78, 5) is 4.31. The summed E-state index contributed by atoms with van der Waals surface area (Å²) in [7, 11) is 0. The summed E-state index contributed by atoms with van der Waals surface area (Å²) in [5.74, 6) is 0.676. The zero-order valence-corrected chi connectivity index (χ0v) is 7.45. The average molecular weight is 172 g/mol. The molecule has 13 heavy (non-hydrogen) atoms. The minimum Gasteiger partial charge on any atom is -0.478 e. The topological polar surface area (TPSA) is 22.1 Å². The summed E-state index contributed by atoms with van der Waals surface area (Å²) in [5, 5.41) is 1.11. The Hall–Kier alpha value is -1.57. The van der Waals surface area contributed by atoms with E-state index < -0.39 is 0 Å². The Bertz CT molecular complexity index is 412. The zero-order chi connectivity index (χ0) is 9.10. The highest BCUT2D eigenvalue weighted by Gasteiger charge is 1.96.